The van der Waals surface area contributed by atoms with Crippen molar-refractivity contribution in [3.63, 3.8) is 0 Å². The Hall–Kier alpha value is -4.96. The number of hydrogen-bond acceptors (Lipinski definition) is 8. The lowest BCUT2D eigenvalue weighted by Gasteiger charge is -2.25. The standard InChI is InChI=1S/C37H37FN2O6S/c1-7-11-25-18-24(14-16-29(25)45-21-27-12-9-10-13-28(27)38)19-32-35(41)40-34(26-15-17-30(46-22(3)4)31(20-26)43-6)33(36(42)44-8-2)23(5)39-37(40)47-32/h7,9-10,12-20,22,34H,1,8,11,21H2,2-6H3/b32-19-/t34-/m0/s1. The highest BCUT2D eigenvalue weighted by Crippen LogP contribution is 2.36. The number of benzene rings is 3. The number of thiazole rings is 1. The van der Waals surface area contributed by atoms with Gasteiger partial charge in [0.1, 0.15) is 18.2 Å². The molecule has 1 aliphatic rings. The van der Waals surface area contributed by atoms with Crippen LogP contribution in [0.3, 0.4) is 0 Å². The van der Waals surface area contributed by atoms with Crippen LogP contribution in [0.4, 0.5) is 4.39 Å². The first-order valence-corrected chi connectivity index (χ1v) is 16.1. The first-order chi connectivity index (χ1) is 22.6. The molecule has 0 radical (unpaired) electrons. The van der Waals surface area contributed by atoms with Crippen molar-refractivity contribution < 1.29 is 28.1 Å². The van der Waals surface area contributed by atoms with Gasteiger partial charge in [0.25, 0.3) is 5.56 Å². The highest BCUT2D eigenvalue weighted by molar-refractivity contribution is 7.07. The minimum atomic E-state index is -0.806. The molecule has 2 heterocycles. The smallest absolute Gasteiger partial charge is 0.338 e. The SMILES string of the molecule is C=CCc1cc(/C=c2\sc3n(c2=O)[C@@H](c2ccc(OC(C)C)c(OC)c2)C(C(=O)OCC)=C(C)N=3)ccc1OCc1ccccc1F. The number of carbonyl (C=O) groups is 1. The summed E-state index contributed by atoms with van der Waals surface area (Å²) in [6, 6.07) is 16.6. The van der Waals surface area contributed by atoms with E-state index in [1.807, 2.05) is 32.0 Å². The highest BCUT2D eigenvalue weighted by atomic mass is 32.1. The maximum Gasteiger partial charge on any atom is 0.338 e. The number of rotatable bonds is 12. The van der Waals surface area contributed by atoms with Gasteiger partial charge < -0.3 is 18.9 Å². The van der Waals surface area contributed by atoms with Crippen LogP contribution in [0.2, 0.25) is 0 Å². The zero-order valence-electron chi connectivity index (χ0n) is 27.0. The lowest BCUT2D eigenvalue weighted by molar-refractivity contribution is -0.139. The van der Waals surface area contributed by atoms with Gasteiger partial charge in [-0.05, 0) is 87.2 Å². The molecule has 3 aromatic carbocycles. The van der Waals surface area contributed by atoms with Gasteiger partial charge in [-0.25, -0.2) is 14.2 Å². The van der Waals surface area contributed by atoms with Crippen LogP contribution in [0.25, 0.3) is 6.08 Å². The molecule has 5 rings (SSSR count). The number of esters is 1. The molecule has 8 nitrogen and oxygen atoms in total. The van der Waals surface area contributed by atoms with E-state index in [2.05, 4.69) is 11.6 Å². The Bertz CT molecular complexity index is 2030. The van der Waals surface area contributed by atoms with E-state index < -0.39 is 12.0 Å². The summed E-state index contributed by atoms with van der Waals surface area (Å²) in [5.41, 5.74) is 3.13. The normalized spacial score (nSPS) is 14.4. The first kappa shape index (κ1) is 33.4. The molecule has 1 aromatic heterocycles. The maximum atomic E-state index is 14.2. The fraction of sp³-hybridized carbons (Fsp3) is 0.270. The molecule has 244 valence electrons. The summed E-state index contributed by atoms with van der Waals surface area (Å²) in [5.74, 6) is 0.745. The molecule has 0 N–H and O–H groups in total. The fourth-order valence-electron chi connectivity index (χ4n) is 5.38. The fourth-order valence-corrected chi connectivity index (χ4v) is 6.43. The van der Waals surface area contributed by atoms with E-state index in [1.54, 1.807) is 69.5 Å². The number of allylic oxidation sites excluding steroid dienone is 2. The number of carbonyl (C=O) groups excluding carboxylic acids is 1. The van der Waals surface area contributed by atoms with Crippen LogP contribution in [-0.2, 0) is 22.6 Å². The summed E-state index contributed by atoms with van der Waals surface area (Å²) in [6.45, 7) is 11.4. The van der Waals surface area contributed by atoms with Gasteiger partial charge in [-0.15, -0.1) is 6.58 Å². The van der Waals surface area contributed by atoms with Crippen molar-refractivity contribution in [2.45, 2.75) is 52.9 Å². The van der Waals surface area contributed by atoms with Gasteiger partial charge in [0, 0.05) is 5.56 Å². The average molecular weight is 657 g/mol. The van der Waals surface area contributed by atoms with Crippen molar-refractivity contribution in [2.24, 2.45) is 4.99 Å². The van der Waals surface area contributed by atoms with E-state index in [4.69, 9.17) is 18.9 Å². The Morgan fingerprint density at radius 3 is 2.55 bits per heavy atom. The molecule has 47 heavy (non-hydrogen) atoms. The van der Waals surface area contributed by atoms with E-state index >= 15 is 0 Å². The van der Waals surface area contributed by atoms with Crippen molar-refractivity contribution in [3.8, 4) is 17.2 Å². The molecular formula is C37H37FN2O6S. The Morgan fingerprint density at radius 2 is 1.85 bits per heavy atom. The largest absolute Gasteiger partial charge is 0.493 e. The topological polar surface area (TPSA) is 88.4 Å². The molecule has 0 bridgehead atoms. The predicted octanol–water partition coefficient (Wildman–Crippen LogP) is 6.04. The van der Waals surface area contributed by atoms with E-state index in [0.29, 0.717) is 49.8 Å². The number of nitrogens with zero attached hydrogens (tertiary/aromatic N) is 2. The van der Waals surface area contributed by atoms with E-state index in [1.165, 1.54) is 22.0 Å². The van der Waals surface area contributed by atoms with Crippen molar-refractivity contribution in [1.29, 1.82) is 0 Å². The van der Waals surface area contributed by atoms with Crippen molar-refractivity contribution in [1.82, 2.24) is 4.57 Å². The number of halogens is 1. The van der Waals surface area contributed by atoms with Crippen LogP contribution in [0.15, 0.2) is 94.4 Å². The zero-order chi connectivity index (χ0) is 33.7. The van der Waals surface area contributed by atoms with Crippen LogP contribution < -0.4 is 29.1 Å². The molecule has 0 saturated carbocycles. The zero-order valence-corrected chi connectivity index (χ0v) is 27.9. The third kappa shape index (κ3) is 7.23. The van der Waals surface area contributed by atoms with Crippen LogP contribution in [-0.4, -0.2) is 30.4 Å². The Balaban J connectivity index is 1.59. The average Bonchev–Trinajstić information content (AvgIpc) is 3.34. The third-order valence-corrected chi connectivity index (χ3v) is 8.45. The van der Waals surface area contributed by atoms with E-state index in [9.17, 15) is 14.0 Å². The molecule has 0 spiro atoms. The molecule has 1 atom stereocenters. The lowest BCUT2D eigenvalue weighted by atomic mass is 9.95. The van der Waals surface area contributed by atoms with Gasteiger partial charge in [-0.1, -0.05) is 47.7 Å². The number of ether oxygens (including phenoxy) is 4. The third-order valence-electron chi connectivity index (χ3n) is 7.47. The minimum Gasteiger partial charge on any atom is -0.493 e. The molecule has 1 aliphatic heterocycles. The Kier molecular flexibility index (Phi) is 10.4. The van der Waals surface area contributed by atoms with E-state index in [0.717, 1.165) is 11.1 Å². The molecule has 0 amide bonds. The molecular weight excluding hydrogens is 619 g/mol. The second kappa shape index (κ2) is 14.6. The molecule has 0 unspecified atom stereocenters. The minimum absolute atomic E-state index is 0.0757. The van der Waals surface area contributed by atoms with Gasteiger partial charge in [0.15, 0.2) is 16.3 Å². The van der Waals surface area contributed by atoms with Crippen LogP contribution in [0, 0.1) is 5.82 Å². The van der Waals surface area contributed by atoms with Gasteiger partial charge in [0.2, 0.25) is 0 Å². The number of fused-ring (bicyclic) bond motifs is 1. The monoisotopic (exact) mass is 656 g/mol. The Morgan fingerprint density at radius 1 is 1.09 bits per heavy atom. The van der Waals surface area contributed by atoms with Gasteiger partial charge in [-0.2, -0.15) is 0 Å². The number of hydrogen-bond donors (Lipinski definition) is 0. The second-order valence-corrected chi connectivity index (χ2v) is 12.1. The van der Waals surface area contributed by atoms with Crippen molar-refractivity contribution in [2.75, 3.05) is 13.7 Å². The molecule has 0 fully saturated rings. The van der Waals surface area contributed by atoms with E-state index in [-0.39, 0.29) is 36.3 Å². The first-order valence-electron chi connectivity index (χ1n) is 15.3. The molecule has 10 heteroatoms. The lowest BCUT2D eigenvalue weighted by Crippen LogP contribution is -2.40. The van der Waals surface area contributed by atoms with Gasteiger partial charge >= 0.3 is 5.97 Å². The Labute approximate surface area is 276 Å². The highest BCUT2D eigenvalue weighted by Gasteiger charge is 2.34. The van der Waals surface area contributed by atoms with Gasteiger partial charge in [0.05, 0.1) is 41.7 Å². The van der Waals surface area contributed by atoms with Crippen LogP contribution >= 0.6 is 11.3 Å². The second-order valence-electron chi connectivity index (χ2n) is 11.1. The summed E-state index contributed by atoms with van der Waals surface area (Å²) >= 11 is 1.23. The summed E-state index contributed by atoms with van der Waals surface area (Å²) < 4.78 is 39.1. The molecule has 0 saturated heterocycles. The van der Waals surface area contributed by atoms with Crippen LogP contribution in [0.5, 0.6) is 17.2 Å². The summed E-state index contributed by atoms with van der Waals surface area (Å²) in [5, 5.41) is 0. The number of aromatic nitrogens is 1. The van der Waals surface area contributed by atoms with Crippen molar-refractivity contribution in [3.05, 3.63) is 132 Å². The van der Waals surface area contributed by atoms with Gasteiger partial charge in [-0.3, -0.25) is 9.36 Å². The van der Waals surface area contributed by atoms with Crippen molar-refractivity contribution >= 4 is 23.4 Å². The summed E-state index contributed by atoms with van der Waals surface area (Å²) in [7, 11) is 1.54. The van der Waals surface area contributed by atoms with Crippen LogP contribution in [0.1, 0.15) is 56.0 Å². The summed E-state index contributed by atoms with van der Waals surface area (Å²) in [4.78, 5) is 32.6. The number of methoxy groups -OCH3 is 1. The molecule has 4 aromatic rings. The summed E-state index contributed by atoms with van der Waals surface area (Å²) in [6.07, 6.45) is 3.98. The quantitative estimate of drug-likeness (QED) is 0.137. The predicted molar refractivity (Wildman–Crippen MR) is 180 cm³/mol. The molecule has 0 aliphatic carbocycles. The maximum absolute atomic E-state index is 14.2.